The molecule has 0 unspecified atom stereocenters. The van der Waals surface area contributed by atoms with E-state index < -0.39 is 0 Å². The number of rotatable bonds is 0. The van der Waals surface area contributed by atoms with Crippen LogP contribution in [0.1, 0.15) is 111 Å². The van der Waals surface area contributed by atoms with Gasteiger partial charge in [0.25, 0.3) is 0 Å². The molecule has 0 radical (unpaired) electrons. The summed E-state index contributed by atoms with van der Waals surface area (Å²) in [5, 5.41) is 5.47. The van der Waals surface area contributed by atoms with Crippen LogP contribution in [-0.4, -0.2) is 4.57 Å². The lowest BCUT2D eigenvalue weighted by molar-refractivity contribution is 0.687. The summed E-state index contributed by atoms with van der Waals surface area (Å²) in [5.41, 5.74) is 8.89. The molecule has 0 fully saturated rings. The Labute approximate surface area is 289 Å². The molecule has 1 aromatic heterocycles. The zero-order valence-corrected chi connectivity index (χ0v) is 31.8. The predicted octanol–water partition coefficient (Wildman–Crippen LogP) is 14.4. The smallest absolute Gasteiger partial charge is 0.0488 e. The minimum Gasteiger partial charge on any atom is -0.344 e. The van der Waals surface area contributed by atoms with Crippen molar-refractivity contribution in [1.29, 1.82) is 0 Å². The number of hydrogen-bond donors (Lipinski definition) is 0. The third kappa shape index (κ3) is 11.4. The Hall–Kier alpha value is -3.84. The van der Waals surface area contributed by atoms with Gasteiger partial charge in [0.15, 0.2) is 0 Å². The maximum Gasteiger partial charge on any atom is 0.0488 e. The van der Waals surface area contributed by atoms with Crippen molar-refractivity contribution in [1.82, 2.24) is 4.57 Å². The Morgan fingerprint density at radius 1 is 0.362 bits per heavy atom. The van der Waals surface area contributed by atoms with E-state index in [0.29, 0.717) is 0 Å². The van der Waals surface area contributed by atoms with Gasteiger partial charge in [0, 0.05) is 28.9 Å². The zero-order chi connectivity index (χ0) is 35.0. The molecular formula is C46H65N. The predicted molar refractivity (Wildman–Crippen MR) is 216 cm³/mol. The number of para-hydroxylation sites is 2. The molecule has 47 heavy (non-hydrogen) atoms. The van der Waals surface area contributed by atoms with Gasteiger partial charge in [-0.2, -0.15) is 0 Å². The maximum absolute atomic E-state index is 2.38. The summed E-state index contributed by atoms with van der Waals surface area (Å²) < 4.78 is 2.24. The molecule has 0 saturated heterocycles. The Morgan fingerprint density at radius 2 is 0.681 bits per heavy atom. The molecule has 0 saturated carbocycles. The van der Waals surface area contributed by atoms with Crippen molar-refractivity contribution in [3.8, 4) is 0 Å². The molecule has 1 heterocycles. The van der Waals surface area contributed by atoms with Crippen molar-refractivity contribution in [3.63, 3.8) is 0 Å². The van der Waals surface area contributed by atoms with Gasteiger partial charge in [-0.3, -0.25) is 0 Å². The summed E-state index contributed by atoms with van der Waals surface area (Å²) in [5.74, 6) is 0. The number of aromatic nitrogens is 1. The monoisotopic (exact) mass is 632 g/mol. The highest BCUT2D eigenvalue weighted by atomic mass is 14.9. The maximum atomic E-state index is 2.38. The molecule has 0 atom stereocenters. The third-order valence-corrected chi connectivity index (χ3v) is 8.04. The van der Waals surface area contributed by atoms with Crippen LogP contribution in [0.3, 0.4) is 0 Å². The molecule has 6 aromatic rings. The van der Waals surface area contributed by atoms with Gasteiger partial charge in [-0.1, -0.05) is 166 Å². The highest BCUT2D eigenvalue weighted by Crippen LogP contribution is 2.28. The van der Waals surface area contributed by atoms with E-state index in [1.54, 1.807) is 22.3 Å². The number of nitrogens with zero attached hydrogens (tertiary/aromatic N) is 1. The van der Waals surface area contributed by atoms with Crippen LogP contribution < -0.4 is 0 Å². The van der Waals surface area contributed by atoms with Crippen LogP contribution in [0.5, 0.6) is 0 Å². The van der Waals surface area contributed by atoms with Crippen molar-refractivity contribution >= 4 is 32.6 Å². The molecular weight excluding hydrogens is 567 g/mol. The lowest BCUT2D eigenvalue weighted by Gasteiger charge is -2.16. The van der Waals surface area contributed by atoms with Gasteiger partial charge in [-0.05, 0) is 90.1 Å². The standard InChI is InChI=1S/C14H14.C13H11N.C9H10.5C2H6/c1-2-6-12-10-14-8-4-3-7-13(14)9-11(12)5-1;1-14-12-8-4-2-6-10(12)11-7-3-5-9-13(11)14;1-2-5-9-7-3-6-8(9)4-1;5*1-2/h1-2,5-6,9-10H,3-4,7-8H2;2-9H,1H3;1-2,4-5H,3,6-7H2;5*1-2H3. The second-order valence-corrected chi connectivity index (χ2v) is 10.4. The van der Waals surface area contributed by atoms with Crippen LogP contribution >= 0.6 is 0 Å². The van der Waals surface area contributed by atoms with Crippen LogP contribution in [0.25, 0.3) is 32.6 Å². The first kappa shape index (κ1) is 41.2. The lowest BCUT2D eigenvalue weighted by atomic mass is 9.89. The van der Waals surface area contributed by atoms with Crippen molar-refractivity contribution in [2.24, 2.45) is 7.05 Å². The van der Waals surface area contributed by atoms with Gasteiger partial charge in [0.2, 0.25) is 0 Å². The molecule has 1 heteroatoms. The minimum atomic E-state index is 1.28. The Bertz CT molecular complexity index is 1550. The van der Waals surface area contributed by atoms with E-state index in [0.717, 1.165) is 0 Å². The Morgan fingerprint density at radius 3 is 1.09 bits per heavy atom. The number of fused-ring (bicyclic) bond motifs is 6. The lowest BCUT2D eigenvalue weighted by Crippen LogP contribution is -2.01. The quantitative estimate of drug-likeness (QED) is 0.157. The van der Waals surface area contributed by atoms with Crippen LogP contribution in [0.4, 0.5) is 0 Å². The molecule has 8 rings (SSSR count). The summed E-state index contributed by atoms with van der Waals surface area (Å²) >= 11 is 0. The molecule has 5 aromatic carbocycles. The van der Waals surface area contributed by atoms with Gasteiger partial charge in [-0.25, -0.2) is 0 Å². The summed E-state index contributed by atoms with van der Waals surface area (Å²) in [7, 11) is 2.12. The van der Waals surface area contributed by atoms with E-state index >= 15 is 0 Å². The van der Waals surface area contributed by atoms with Gasteiger partial charge in [-0.15, -0.1) is 0 Å². The van der Waals surface area contributed by atoms with E-state index in [4.69, 9.17) is 0 Å². The van der Waals surface area contributed by atoms with Gasteiger partial charge in [0.1, 0.15) is 0 Å². The fourth-order valence-corrected chi connectivity index (χ4v) is 6.06. The second kappa shape index (κ2) is 24.3. The Balaban J connectivity index is 0.000000316. The number of aryl methyl sites for hydroxylation is 5. The summed E-state index contributed by atoms with van der Waals surface area (Å²) in [6.45, 7) is 20.0. The van der Waals surface area contributed by atoms with E-state index in [-0.39, 0.29) is 0 Å². The van der Waals surface area contributed by atoms with Crippen molar-refractivity contribution in [2.45, 2.75) is 114 Å². The van der Waals surface area contributed by atoms with E-state index in [2.05, 4.69) is 121 Å². The molecule has 0 amide bonds. The summed E-state index contributed by atoms with van der Waals surface area (Å²) in [6.07, 6.45) is 9.25. The van der Waals surface area contributed by atoms with Crippen LogP contribution in [0.2, 0.25) is 0 Å². The molecule has 2 aliphatic rings. The summed E-state index contributed by atoms with van der Waals surface area (Å²) in [6, 6.07) is 39.2. The molecule has 0 bridgehead atoms. The molecule has 1 nitrogen and oxygen atoms in total. The van der Waals surface area contributed by atoms with Crippen molar-refractivity contribution in [3.05, 3.63) is 131 Å². The van der Waals surface area contributed by atoms with E-state index in [9.17, 15) is 0 Å². The summed E-state index contributed by atoms with van der Waals surface area (Å²) in [4.78, 5) is 0. The second-order valence-electron chi connectivity index (χ2n) is 10.4. The van der Waals surface area contributed by atoms with E-state index in [1.165, 1.54) is 77.5 Å². The normalized spacial score (nSPS) is 11.6. The minimum absolute atomic E-state index is 1.28. The average molecular weight is 632 g/mol. The largest absolute Gasteiger partial charge is 0.344 e. The number of benzene rings is 5. The zero-order valence-electron chi connectivity index (χ0n) is 31.8. The average Bonchev–Trinajstić information content (AvgIpc) is 3.78. The molecule has 0 spiro atoms. The van der Waals surface area contributed by atoms with Gasteiger partial charge < -0.3 is 4.57 Å². The molecule has 0 N–H and O–H groups in total. The third-order valence-electron chi connectivity index (χ3n) is 8.04. The first-order chi connectivity index (χ1) is 23.3. The highest BCUT2D eigenvalue weighted by molar-refractivity contribution is 6.07. The molecule has 254 valence electrons. The first-order valence-electron chi connectivity index (χ1n) is 18.8. The van der Waals surface area contributed by atoms with Crippen LogP contribution in [-0.2, 0) is 32.7 Å². The fourth-order valence-electron chi connectivity index (χ4n) is 6.06. The number of hydrogen-bond acceptors (Lipinski definition) is 0. The molecule has 0 aliphatic heterocycles. The van der Waals surface area contributed by atoms with Crippen LogP contribution in [0, 0.1) is 0 Å². The Kier molecular flexibility index (Phi) is 21.3. The SMILES string of the molecule is CC.CC.CC.CC.CC.Cn1c2ccccc2c2ccccc21.c1ccc2c(c1)CCC2.c1ccc2cc3c(cc2c1)CCCC3. The van der Waals surface area contributed by atoms with Crippen LogP contribution in [0.15, 0.2) is 109 Å². The van der Waals surface area contributed by atoms with Gasteiger partial charge in [0.05, 0.1) is 0 Å². The molecule has 2 aliphatic carbocycles. The highest BCUT2D eigenvalue weighted by Gasteiger charge is 2.10. The fraction of sp³-hybridized carbons (Fsp3) is 0.391. The van der Waals surface area contributed by atoms with Gasteiger partial charge >= 0.3 is 0 Å². The van der Waals surface area contributed by atoms with Crippen molar-refractivity contribution in [2.75, 3.05) is 0 Å². The van der Waals surface area contributed by atoms with Crippen molar-refractivity contribution < 1.29 is 0 Å². The first-order valence-corrected chi connectivity index (χ1v) is 18.8. The topological polar surface area (TPSA) is 4.93 Å². The van der Waals surface area contributed by atoms with E-state index in [1.807, 2.05) is 69.2 Å².